The summed E-state index contributed by atoms with van der Waals surface area (Å²) in [4.78, 5) is 12.8. The van der Waals surface area contributed by atoms with E-state index in [0.29, 0.717) is 23.8 Å². The predicted molar refractivity (Wildman–Crippen MR) is 82.7 cm³/mol. The summed E-state index contributed by atoms with van der Waals surface area (Å²) < 4.78 is 0. The van der Waals surface area contributed by atoms with Crippen LogP contribution in [0.5, 0.6) is 0 Å². The molecule has 4 aliphatic rings. The molecule has 0 aromatic carbocycles. The number of carbonyl (C=O) groups is 1. The Hall–Kier alpha value is -0.240. The lowest BCUT2D eigenvalue weighted by atomic mass is 9.44. The average Bonchev–Trinajstić information content (AvgIpc) is 2.32. The van der Waals surface area contributed by atoms with E-state index in [0.717, 1.165) is 31.1 Å². The molecular weight excluding hydrogens is 270 g/mol. The monoisotopic (exact) mass is 297 g/mol. The van der Waals surface area contributed by atoms with Gasteiger partial charge in [-0.15, -0.1) is 11.6 Å². The van der Waals surface area contributed by atoms with Gasteiger partial charge in [0.25, 0.3) is 0 Å². The summed E-state index contributed by atoms with van der Waals surface area (Å²) in [7, 11) is 0. The Balaban J connectivity index is 1.68. The summed E-state index contributed by atoms with van der Waals surface area (Å²) in [5.41, 5.74) is 0.367. The Morgan fingerprint density at radius 2 is 1.85 bits per heavy atom. The summed E-state index contributed by atoms with van der Waals surface area (Å²) in [6.07, 6.45) is 7.42. The van der Waals surface area contributed by atoms with E-state index in [9.17, 15) is 4.79 Å². The fourth-order valence-corrected chi connectivity index (χ4v) is 5.68. The number of carbonyl (C=O) groups excluding carboxylic acids is 1. The summed E-state index contributed by atoms with van der Waals surface area (Å²) >= 11 is 6.28. The number of amides is 1. The highest BCUT2D eigenvalue weighted by Crippen LogP contribution is 2.65. The van der Waals surface area contributed by atoms with Crippen molar-refractivity contribution in [2.45, 2.75) is 64.7 Å². The predicted octanol–water partition coefficient (Wildman–Crippen LogP) is 3.97. The summed E-state index contributed by atoms with van der Waals surface area (Å²) in [6, 6.07) is 0. The molecule has 4 saturated carbocycles. The minimum Gasteiger partial charge on any atom is -0.354 e. The Bertz CT molecular complexity index is 392. The molecule has 4 rings (SSSR count). The summed E-state index contributed by atoms with van der Waals surface area (Å²) in [5, 5.41) is 3.21. The first-order valence-corrected chi connectivity index (χ1v) is 8.68. The highest BCUT2D eigenvalue weighted by Gasteiger charge is 2.58. The average molecular weight is 298 g/mol. The Morgan fingerprint density at radius 3 is 2.35 bits per heavy atom. The fourth-order valence-electron chi connectivity index (χ4n) is 5.60. The van der Waals surface area contributed by atoms with Crippen LogP contribution in [0.4, 0.5) is 0 Å². The van der Waals surface area contributed by atoms with Gasteiger partial charge in [0.1, 0.15) is 0 Å². The van der Waals surface area contributed by atoms with Crippen molar-refractivity contribution < 1.29 is 4.79 Å². The van der Waals surface area contributed by atoms with Crippen molar-refractivity contribution in [1.82, 2.24) is 5.32 Å². The zero-order chi connectivity index (χ0) is 14.5. The molecule has 0 radical (unpaired) electrons. The SMILES string of the molecule is CC(C)C(Cl)CNC(=O)C12CC3CC(CC(C)(C3)C1)C2. The van der Waals surface area contributed by atoms with Crippen LogP contribution in [-0.2, 0) is 4.79 Å². The molecule has 4 bridgehead atoms. The molecule has 3 unspecified atom stereocenters. The van der Waals surface area contributed by atoms with E-state index in [4.69, 9.17) is 11.6 Å². The molecule has 0 aliphatic heterocycles. The van der Waals surface area contributed by atoms with Gasteiger partial charge in [-0.2, -0.15) is 0 Å². The molecule has 3 heteroatoms. The molecule has 1 N–H and O–H groups in total. The van der Waals surface area contributed by atoms with Gasteiger partial charge in [0.05, 0.1) is 10.8 Å². The summed E-state index contributed by atoms with van der Waals surface area (Å²) in [6.45, 7) is 7.24. The number of rotatable bonds is 4. The van der Waals surface area contributed by atoms with Crippen molar-refractivity contribution >= 4 is 17.5 Å². The van der Waals surface area contributed by atoms with Gasteiger partial charge in [0.15, 0.2) is 0 Å². The van der Waals surface area contributed by atoms with Crippen molar-refractivity contribution in [2.75, 3.05) is 6.54 Å². The van der Waals surface area contributed by atoms with Crippen LogP contribution in [0.1, 0.15) is 59.3 Å². The zero-order valence-electron chi connectivity index (χ0n) is 13.0. The smallest absolute Gasteiger partial charge is 0.226 e. The highest BCUT2D eigenvalue weighted by molar-refractivity contribution is 6.21. The third-order valence-electron chi connectivity index (χ3n) is 6.02. The van der Waals surface area contributed by atoms with Gasteiger partial charge in [-0.05, 0) is 61.7 Å². The molecule has 114 valence electrons. The molecule has 0 spiro atoms. The van der Waals surface area contributed by atoms with Crippen molar-refractivity contribution in [2.24, 2.45) is 28.6 Å². The topological polar surface area (TPSA) is 29.1 Å². The maximum Gasteiger partial charge on any atom is 0.226 e. The summed E-state index contributed by atoms with van der Waals surface area (Å²) in [5.74, 6) is 2.29. The Morgan fingerprint density at radius 1 is 1.25 bits per heavy atom. The molecule has 4 fully saturated rings. The Kier molecular flexibility index (Phi) is 3.60. The maximum absolute atomic E-state index is 12.8. The van der Waals surface area contributed by atoms with Gasteiger partial charge < -0.3 is 5.32 Å². The maximum atomic E-state index is 12.8. The van der Waals surface area contributed by atoms with E-state index >= 15 is 0 Å². The molecular formula is C17H28ClNO. The van der Waals surface area contributed by atoms with Gasteiger partial charge in [0, 0.05) is 6.54 Å². The van der Waals surface area contributed by atoms with Crippen LogP contribution in [0, 0.1) is 28.6 Å². The van der Waals surface area contributed by atoms with Gasteiger partial charge in [-0.3, -0.25) is 4.79 Å². The molecule has 0 aromatic heterocycles. The lowest BCUT2D eigenvalue weighted by molar-refractivity contribution is -0.155. The second-order valence-corrected chi connectivity index (χ2v) is 9.08. The molecule has 0 aromatic rings. The molecule has 1 amide bonds. The highest BCUT2D eigenvalue weighted by atomic mass is 35.5. The first-order valence-electron chi connectivity index (χ1n) is 8.24. The van der Waals surface area contributed by atoms with E-state index in [1.54, 1.807) is 0 Å². The van der Waals surface area contributed by atoms with Crippen LogP contribution >= 0.6 is 11.6 Å². The van der Waals surface area contributed by atoms with Crippen LogP contribution in [-0.4, -0.2) is 17.8 Å². The molecule has 3 atom stereocenters. The quantitative estimate of drug-likeness (QED) is 0.782. The third kappa shape index (κ3) is 2.49. The molecule has 2 nitrogen and oxygen atoms in total. The lowest BCUT2D eigenvalue weighted by Crippen LogP contribution is -2.57. The normalized spacial score (nSPS) is 43.9. The van der Waals surface area contributed by atoms with Crippen LogP contribution in [0.2, 0.25) is 0 Å². The number of hydrogen-bond donors (Lipinski definition) is 1. The van der Waals surface area contributed by atoms with Gasteiger partial charge in [-0.1, -0.05) is 20.8 Å². The standard InChI is InChI=1S/C17H28ClNO/c1-11(2)14(18)9-19-15(20)17-7-12-4-13(8-17)6-16(3,5-12)10-17/h11-14H,4-10H2,1-3H3,(H,19,20). The van der Waals surface area contributed by atoms with Crippen LogP contribution in [0.3, 0.4) is 0 Å². The fraction of sp³-hybridized carbons (Fsp3) is 0.941. The van der Waals surface area contributed by atoms with E-state index in [2.05, 4.69) is 26.1 Å². The first-order chi connectivity index (χ1) is 9.32. The number of alkyl halides is 1. The van der Waals surface area contributed by atoms with Crippen molar-refractivity contribution in [3.63, 3.8) is 0 Å². The van der Waals surface area contributed by atoms with Crippen molar-refractivity contribution in [3.8, 4) is 0 Å². The van der Waals surface area contributed by atoms with E-state index in [1.807, 2.05) is 0 Å². The van der Waals surface area contributed by atoms with Crippen LogP contribution in [0.15, 0.2) is 0 Å². The Labute approximate surface area is 128 Å². The van der Waals surface area contributed by atoms with Gasteiger partial charge in [0.2, 0.25) is 5.91 Å². The minimum atomic E-state index is -0.0631. The molecule has 4 aliphatic carbocycles. The largest absolute Gasteiger partial charge is 0.354 e. The second-order valence-electron chi connectivity index (χ2n) is 8.52. The van der Waals surface area contributed by atoms with Gasteiger partial charge >= 0.3 is 0 Å². The van der Waals surface area contributed by atoms with E-state index in [1.165, 1.54) is 19.3 Å². The molecule has 0 saturated heterocycles. The van der Waals surface area contributed by atoms with E-state index < -0.39 is 0 Å². The third-order valence-corrected chi connectivity index (χ3v) is 6.67. The molecule has 20 heavy (non-hydrogen) atoms. The van der Waals surface area contributed by atoms with Crippen LogP contribution in [0.25, 0.3) is 0 Å². The minimum absolute atomic E-state index is 0.0449. The second kappa shape index (κ2) is 4.90. The lowest BCUT2D eigenvalue weighted by Gasteiger charge is -2.60. The molecule has 0 heterocycles. The van der Waals surface area contributed by atoms with Crippen molar-refractivity contribution in [1.29, 1.82) is 0 Å². The zero-order valence-corrected chi connectivity index (χ0v) is 13.8. The first kappa shape index (κ1) is 14.7. The van der Waals surface area contributed by atoms with Crippen molar-refractivity contribution in [3.05, 3.63) is 0 Å². The van der Waals surface area contributed by atoms with Gasteiger partial charge in [-0.25, -0.2) is 0 Å². The number of nitrogens with one attached hydrogen (secondary N) is 1. The number of hydrogen-bond acceptors (Lipinski definition) is 1. The van der Waals surface area contributed by atoms with Crippen LogP contribution < -0.4 is 5.32 Å². The van der Waals surface area contributed by atoms with E-state index in [-0.39, 0.29) is 10.8 Å². The number of halogens is 1.